The molecular formula is C19H22N4O4. The number of Topliss-reactive ketones (excluding diaryl/α,β-unsaturated/α-hetero) is 1. The minimum atomic E-state index is -0.490. The molecule has 0 spiro atoms. The summed E-state index contributed by atoms with van der Waals surface area (Å²) in [6.45, 7) is 6.12. The van der Waals surface area contributed by atoms with E-state index >= 15 is 0 Å². The Hall–Kier alpha value is -3.00. The number of anilines is 2. The molecule has 2 heterocycles. The van der Waals surface area contributed by atoms with Gasteiger partial charge in [-0.2, -0.15) is 0 Å². The molecule has 1 atom stereocenters. The van der Waals surface area contributed by atoms with E-state index in [-0.39, 0.29) is 17.6 Å². The molecule has 0 amide bonds. The van der Waals surface area contributed by atoms with E-state index in [2.05, 4.69) is 15.2 Å². The number of ketones is 1. The molecule has 1 N–H and O–H groups in total. The van der Waals surface area contributed by atoms with Crippen LogP contribution in [0.25, 0.3) is 0 Å². The Kier molecular flexibility index (Phi) is 5.66. The molecule has 3 rings (SSSR count). The number of hydrogen-bond acceptors (Lipinski definition) is 7. The zero-order chi connectivity index (χ0) is 19.4. The fourth-order valence-electron chi connectivity index (χ4n) is 2.98. The summed E-state index contributed by atoms with van der Waals surface area (Å²) in [4.78, 5) is 28.9. The van der Waals surface area contributed by atoms with E-state index in [1.165, 1.54) is 13.0 Å². The number of morpholine rings is 1. The van der Waals surface area contributed by atoms with Crippen molar-refractivity contribution in [3.05, 3.63) is 57.8 Å². The summed E-state index contributed by atoms with van der Waals surface area (Å²) in [5, 5.41) is 14.3. The lowest BCUT2D eigenvalue weighted by Gasteiger charge is -2.32. The van der Waals surface area contributed by atoms with Gasteiger partial charge in [-0.3, -0.25) is 14.9 Å². The molecule has 8 heteroatoms. The molecule has 0 aliphatic carbocycles. The molecule has 1 aromatic carbocycles. The van der Waals surface area contributed by atoms with Crippen LogP contribution in [0.2, 0.25) is 0 Å². The summed E-state index contributed by atoms with van der Waals surface area (Å²) >= 11 is 0. The first kappa shape index (κ1) is 18.8. The second kappa shape index (κ2) is 8.13. The van der Waals surface area contributed by atoms with Crippen LogP contribution < -0.4 is 10.2 Å². The van der Waals surface area contributed by atoms with Crippen LogP contribution in [0.15, 0.2) is 36.5 Å². The molecule has 0 saturated carbocycles. The van der Waals surface area contributed by atoms with Crippen LogP contribution in [0, 0.1) is 10.1 Å². The third-order valence-electron chi connectivity index (χ3n) is 4.46. The Morgan fingerprint density at radius 1 is 1.41 bits per heavy atom. The lowest BCUT2D eigenvalue weighted by Crippen LogP contribution is -2.41. The first-order valence-electron chi connectivity index (χ1n) is 8.79. The highest BCUT2D eigenvalue weighted by atomic mass is 16.6. The summed E-state index contributed by atoms with van der Waals surface area (Å²) in [6.07, 6.45) is 1.94. The third-order valence-corrected chi connectivity index (χ3v) is 4.46. The molecule has 1 aromatic heterocycles. The summed E-state index contributed by atoms with van der Waals surface area (Å²) < 4.78 is 5.54. The first-order chi connectivity index (χ1) is 12.9. The fourth-order valence-corrected chi connectivity index (χ4v) is 2.98. The van der Waals surface area contributed by atoms with E-state index in [9.17, 15) is 14.9 Å². The second-order valence-electron chi connectivity index (χ2n) is 6.55. The predicted molar refractivity (Wildman–Crippen MR) is 102 cm³/mol. The highest BCUT2D eigenvalue weighted by Gasteiger charge is 2.18. The van der Waals surface area contributed by atoms with E-state index in [1.807, 2.05) is 19.1 Å². The number of aromatic nitrogens is 1. The molecule has 2 aromatic rings. The van der Waals surface area contributed by atoms with Gasteiger partial charge in [-0.25, -0.2) is 4.98 Å². The maximum atomic E-state index is 11.4. The Labute approximate surface area is 157 Å². The van der Waals surface area contributed by atoms with E-state index in [0.29, 0.717) is 24.4 Å². The number of nitrogens with one attached hydrogen (secondary N) is 1. The average Bonchev–Trinajstić information content (AvgIpc) is 2.66. The van der Waals surface area contributed by atoms with Crippen molar-refractivity contribution in [1.29, 1.82) is 0 Å². The minimum Gasteiger partial charge on any atom is -0.375 e. The smallest absolute Gasteiger partial charge is 0.293 e. The molecule has 8 nitrogen and oxygen atoms in total. The number of nitro benzene ring substituents is 1. The lowest BCUT2D eigenvalue weighted by atomic mass is 10.1. The first-order valence-corrected chi connectivity index (χ1v) is 8.79. The Morgan fingerprint density at radius 3 is 2.85 bits per heavy atom. The molecule has 0 bridgehead atoms. The Bertz CT molecular complexity index is 838. The van der Waals surface area contributed by atoms with Gasteiger partial charge in [-0.15, -0.1) is 0 Å². The highest BCUT2D eigenvalue weighted by Crippen LogP contribution is 2.26. The van der Waals surface area contributed by atoms with Gasteiger partial charge >= 0.3 is 0 Å². The number of nitrogens with zero attached hydrogens (tertiary/aromatic N) is 3. The van der Waals surface area contributed by atoms with Gasteiger partial charge in [-0.05, 0) is 37.6 Å². The van der Waals surface area contributed by atoms with Crippen molar-refractivity contribution >= 4 is 23.0 Å². The third kappa shape index (κ3) is 4.59. The van der Waals surface area contributed by atoms with Crippen LogP contribution >= 0.6 is 0 Å². The predicted octanol–water partition coefficient (Wildman–Crippen LogP) is 3.03. The van der Waals surface area contributed by atoms with Gasteiger partial charge in [0.1, 0.15) is 11.5 Å². The molecule has 1 aliphatic heterocycles. The van der Waals surface area contributed by atoms with Crippen molar-refractivity contribution in [2.75, 3.05) is 29.9 Å². The van der Waals surface area contributed by atoms with Crippen molar-refractivity contribution in [3.8, 4) is 0 Å². The Morgan fingerprint density at radius 2 is 2.22 bits per heavy atom. The second-order valence-corrected chi connectivity index (χ2v) is 6.55. The van der Waals surface area contributed by atoms with Crippen LogP contribution in [0.1, 0.15) is 29.8 Å². The van der Waals surface area contributed by atoms with E-state index < -0.39 is 4.92 Å². The topological polar surface area (TPSA) is 97.6 Å². The molecule has 1 unspecified atom stereocenters. The van der Waals surface area contributed by atoms with Crippen molar-refractivity contribution in [3.63, 3.8) is 0 Å². The van der Waals surface area contributed by atoms with Crippen molar-refractivity contribution < 1.29 is 14.5 Å². The molecule has 1 saturated heterocycles. The number of ether oxygens (including phenoxy) is 1. The molecule has 142 valence electrons. The molecule has 1 aliphatic rings. The zero-order valence-electron chi connectivity index (χ0n) is 15.3. The minimum absolute atomic E-state index is 0.116. The van der Waals surface area contributed by atoms with Crippen molar-refractivity contribution in [1.82, 2.24) is 4.98 Å². The lowest BCUT2D eigenvalue weighted by molar-refractivity contribution is -0.384. The highest BCUT2D eigenvalue weighted by molar-refractivity contribution is 5.95. The maximum absolute atomic E-state index is 11.4. The fraction of sp³-hybridized carbons (Fsp3) is 0.368. The quantitative estimate of drug-likeness (QED) is 0.474. The molecule has 0 radical (unpaired) electrons. The van der Waals surface area contributed by atoms with Crippen LogP contribution in [-0.4, -0.2) is 41.5 Å². The number of carbonyl (C=O) groups excluding carboxylic acids is 1. The number of rotatable bonds is 6. The van der Waals surface area contributed by atoms with Gasteiger partial charge in [0.25, 0.3) is 5.69 Å². The summed E-state index contributed by atoms with van der Waals surface area (Å²) in [6, 6.07) is 8.34. The van der Waals surface area contributed by atoms with Crippen molar-refractivity contribution in [2.24, 2.45) is 0 Å². The van der Waals surface area contributed by atoms with Crippen LogP contribution in [-0.2, 0) is 11.3 Å². The normalized spacial score (nSPS) is 16.8. The van der Waals surface area contributed by atoms with Crippen molar-refractivity contribution in [2.45, 2.75) is 26.5 Å². The Balaban J connectivity index is 1.68. The average molecular weight is 370 g/mol. The molecule has 27 heavy (non-hydrogen) atoms. The summed E-state index contributed by atoms with van der Waals surface area (Å²) in [7, 11) is 0. The van der Waals surface area contributed by atoms with Gasteiger partial charge in [-0.1, -0.05) is 6.07 Å². The zero-order valence-corrected chi connectivity index (χ0v) is 15.3. The standard InChI is InChI=1S/C19H22N4O4/c1-13-12-22(7-8-27-13)19-6-3-15(11-21-19)10-20-17-5-4-16(14(2)24)9-18(17)23(25)26/h3-6,9,11,13,20H,7-8,10,12H2,1-2H3. The monoisotopic (exact) mass is 370 g/mol. The van der Waals surface area contributed by atoms with Gasteiger partial charge < -0.3 is 15.0 Å². The summed E-state index contributed by atoms with van der Waals surface area (Å²) in [5.41, 5.74) is 1.48. The molecular weight excluding hydrogens is 348 g/mol. The van der Waals surface area contributed by atoms with Crippen LogP contribution in [0.3, 0.4) is 0 Å². The molecule has 1 fully saturated rings. The van der Waals surface area contributed by atoms with Gasteiger partial charge in [0.2, 0.25) is 0 Å². The van der Waals surface area contributed by atoms with Gasteiger partial charge in [0.15, 0.2) is 5.78 Å². The van der Waals surface area contributed by atoms with E-state index in [0.717, 1.165) is 24.5 Å². The number of carbonyl (C=O) groups is 1. The van der Waals surface area contributed by atoms with E-state index in [1.54, 1.807) is 18.3 Å². The van der Waals surface area contributed by atoms with Gasteiger partial charge in [0, 0.05) is 37.5 Å². The van der Waals surface area contributed by atoms with Gasteiger partial charge in [0.05, 0.1) is 17.6 Å². The number of nitro groups is 1. The largest absolute Gasteiger partial charge is 0.375 e. The number of hydrogen-bond donors (Lipinski definition) is 1. The SMILES string of the molecule is CC(=O)c1ccc(NCc2ccc(N3CCOC(C)C3)nc2)c([N+](=O)[O-])c1. The number of benzene rings is 1. The van der Waals surface area contributed by atoms with E-state index in [4.69, 9.17) is 4.74 Å². The van der Waals surface area contributed by atoms with Crippen LogP contribution in [0.5, 0.6) is 0 Å². The van der Waals surface area contributed by atoms with Crippen LogP contribution in [0.4, 0.5) is 17.2 Å². The summed E-state index contributed by atoms with van der Waals surface area (Å²) in [5.74, 6) is 0.688. The maximum Gasteiger partial charge on any atom is 0.293 e. The number of pyridine rings is 1.